The summed E-state index contributed by atoms with van der Waals surface area (Å²) >= 11 is 0. The van der Waals surface area contributed by atoms with E-state index < -0.39 is 48.1 Å². The Morgan fingerprint density at radius 3 is 2.15 bits per heavy atom. The first kappa shape index (κ1) is 60.8. The topological polar surface area (TPSA) is 196 Å². The third-order valence-corrected chi connectivity index (χ3v) is 16.2. The van der Waals surface area contributed by atoms with E-state index in [-0.39, 0.29) is 96.9 Å². The molecule has 4 heterocycles. The van der Waals surface area contributed by atoms with Crippen molar-refractivity contribution in [3.63, 3.8) is 0 Å². The lowest BCUT2D eigenvalue weighted by atomic mass is 9.83. The highest BCUT2D eigenvalue weighted by molar-refractivity contribution is 6.12. The predicted molar refractivity (Wildman–Crippen MR) is 287 cm³/mol. The minimum atomic E-state index is -0.682. The van der Waals surface area contributed by atoms with Gasteiger partial charge in [0.2, 0.25) is 17.7 Å². The molecule has 3 aliphatic rings. The summed E-state index contributed by atoms with van der Waals surface area (Å²) in [5.74, 6) is -3.71. The van der Waals surface area contributed by atoms with Crippen LogP contribution in [0.5, 0.6) is 0 Å². The Hall–Kier alpha value is -5.10. The van der Waals surface area contributed by atoms with Gasteiger partial charge in [-0.25, -0.2) is 5.06 Å². The molecule has 17 heteroatoms. The van der Waals surface area contributed by atoms with Crippen LogP contribution in [0, 0.1) is 35.5 Å². The van der Waals surface area contributed by atoms with E-state index in [0.29, 0.717) is 64.8 Å². The van der Waals surface area contributed by atoms with Gasteiger partial charge in [-0.05, 0) is 87.9 Å². The number of aromatic amines is 1. The number of hydrogen-bond acceptors (Lipinski definition) is 12. The van der Waals surface area contributed by atoms with Crippen molar-refractivity contribution in [3.8, 4) is 0 Å². The lowest BCUT2D eigenvalue weighted by molar-refractivity contribution is -0.201. The SMILES string of the molecule is CC[C@H](C)[C@@H]([C@@H](CC(=O)N1CCC[C@H]1[C@H](OC)[C@@H](C)C(=O)C[C@@H](Cc1c[nH]c2ccccc12)C(=O)N1CCCCO1)OC)N(C)C(=O)[C@@H](CC(=O)[C@H](C(C)C)N(C)CCCC(=O)CCCN1C(=O)C=CC1=O)C(C)C. The van der Waals surface area contributed by atoms with Crippen LogP contribution in [0.4, 0.5) is 0 Å². The molecule has 2 aromatic rings. The minimum Gasteiger partial charge on any atom is -0.379 e. The molecule has 0 saturated carbocycles. The zero-order valence-corrected chi connectivity index (χ0v) is 46.8. The number of nitrogens with one attached hydrogen (secondary N) is 1. The number of ketones is 3. The van der Waals surface area contributed by atoms with Crippen LogP contribution in [-0.2, 0) is 59.1 Å². The molecule has 75 heavy (non-hydrogen) atoms. The monoisotopic (exact) mass is 1040 g/mol. The number of likely N-dealkylation sites (N-methyl/N-ethyl adjacent to an activating group) is 2. The summed E-state index contributed by atoms with van der Waals surface area (Å²) in [6.07, 6.45) is 8.62. The molecule has 5 rings (SSSR count). The van der Waals surface area contributed by atoms with Crippen molar-refractivity contribution in [2.75, 3.05) is 61.1 Å². The van der Waals surface area contributed by atoms with Gasteiger partial charge < -0.3 is 24.3 Å². The number of H-pyrrole nitrogens is 1. The van der Waals surface area contributed by atoms with Gasteiger partial charge >= 0.3 is 0 Å². The first-order valence-corrected chi connectivity index (χ1v) is 27.7. The fourth-order valence-electron chi connectivity index (χ4n) is 11.8. The fourth-order valence-corrected chi connectivity index (χ4v) is 11.8. The van der Waals surface area contributed by atoms with E-state index in [0.717, 1.165) is 40.6 Å². The van der Waals surface area contributed by atoms with Crippen molar-refractivity contribution in [2.45, 2.75) is 162 Å². The Balaban J connectivity index is 1.22. The Bertz CT molecular complexity index is 2290. The summed E-state index contributed by atoms with van der Waals surface area (Å²) in [6, 6.07) is 6.51. The van der Waals surface area contributed by atoms with E-state index in [2.05, 4.69) is 4.98 Å². The molecule has 0 unspecified atom stereocenters. The van der Waals surface area contributed by atoms with Gasteiger partial charge in [-0.2, -0.15) is 0 Å². The average Bonchev–Trinajstić information content (AvgIpc) is 4.13. The van der Waals surface area contributed by atoms with Crippen LogP contribution in [0.2, 0.25) is 0 Å². The number of methoxy groups -OCH3 is 2. The second kappa shape index (κ2) is 28.9. The van der Waals surface area contributed by atoms with Gasteiger partial charge in [0.15, 0.2) is 5.78 Å². The first-order chi connectivity index (χ1) is 35.7. The van der Waals surface area contributed by atoms with Crippen molar-refractivity contribution in [3.05, 3.63) is 48.2 Å². The molecular weight excluding hydrogens is 957 g/mol. The number of carbonyl (C=O) groups is 8. The maximum atomic E-state index is 14.8. The van der Waals surface area contributed by atoms with E-state index in [9.17, 15) is 38.4 Å². The summed E-state index contributed by atoms with van der Waals surface area (Å²) in [6.45, 7) is 15.8. The predicted octanol–water partition coefficient (Wildman–Crippen LogP) is 7.00. The number of Topliss-reactive ketones (excluding diaryl/α,β-unsaturated/α-hetero) is 3. The second-order valence-electron chi connectivity index (χ2n) is 22.1. The molecule has 0 spiro atoms. The Kier molecular flexibility index (Phi) is 23.4. The van der Waals surface area contributed by atoms with E-state index in [4.69, 9.17) is 14.3 Å². The lowest BCUT2D eigenvalue weighted by Crippen LogP contribution is -2.54. The molecule has 2 saturated heterocycles. The highest BCUT2D eigenvalue weighted by Gasteiger charge is 2.44. The number of imide groups is 1. The molecule has 17 nitrogen and oxygen atoms in total. The quantitative estimate of drug-likeness (QED) is 0.0761. The van der Waals surface area contributed by atoms with Crippen molar-refractivity contribution < 1.29 is 52.7 Å². The van der Waals surface area contributed by atoms with Gasteiger partial charge in [0.05, 0.1) is 49.3 Å². The van der Waals surface area contributed by atoms with E-state index in [1.165, 1.54) is 17.2 Å². The summed E-state index contributed by atoms with van der Waals surface area (Å²) in [7, 11) is 6.75. The standard InChI is InChI=1S/C58H88N6O11/c1-12-39(6)55(61(9)58(72)45(37(2)3)34-49(67)54(38(4)5)60(8)27-17-20-43(65)21-18-29-63-51(68)25-26-52(63)69)50(73-10)35-53(70)62-28-19-24-47(62)56(74-11)40(7)48(66)33-41(57(71)64-30-15-16-31-75-64)32-42-36-59-46-23-14-13-22-44(42)46/h13-14,22-23,25-26,36-41,45,47,50,54-56,59H,12,15-21,24,27-35H2,1-11H3/t39-,40-,41+,45-,47-,50+,54-,55-,56+/m0/s1. The minimum absolute atomic E-state index is 0.0152. The number of amides is 5. The Labute approximate surface area is 445 Å². The molecule has 1 N–H and O–H groups in total. The number of rotatable bonds is 31. The third kappa shape index (κ3) is 15.8. The molecule has 1 aromatic carbocycles. The van der Waals surface area contributed by atoms with Gasteiger partial charge in [-0.15, -0.1) is 0 Å². The maximum absolute atomic E-state index is 14.8. The third-order valence-electron chi connectivity index (χ3n) is 16.2. The van der Waals surface area contributed by atoms with Crippen molar-refractivity contribution in [1.29, 1.82) is 0 Å². The van der Waals surface area contributed by atoms with Gasteiger partial charge in [-0.3, -0.25) is 53.0 Å². The highest BCUT2D eigenvalue weighted by Crippen LogP contribution is 2.33. The van der Waals surface area contributed by atoms with Crippen LogP contribution in [0.3, 0.4) is 0 Å². The number of hydrogen-bond donors (Lipinski definition) is 1. The van der Waals surface area contributed by atoms with Crippen LogP contribution in [0.25, 0.3) is 10.9 Å². The average molecular weight is 1050 g/mol. The largest absolute Gasteiger partial charge is 0.379 e. The highest BCUT2D eigenvalue weighted by atomic mass is 16.7. The second-order valence-corrected chi connectivity index (χ2v) is 22.1. The zero-order chi connectivity index (χ0) is 55.1. The van der Waals surface area contributed by atoms with Crippen molar-refractivity contribution in [1.82, 2.24) is 29.6 Å². The molecule has 3 aliphatic heterocycles. The van der Waals surface area contributed by atoms with Crippen LogP contribution in [0.1, 0.15) is 131 Å². The summed E-state index contributed by atoms with van der Waals surface area (Å²) in [4.78, 5) is 124. The molecule has 0 radical (unpaired) electrons. The van der Waals surface area contributed by atoms with E-state index in [1.807, 2.05) is 95.8 Å². The van der Waals surface area contributed by atoms with Gasteiger partial charge in [0.1, 0.15) is 11.6 Å². The molecular formula is C58H88N6O11. The molecule has 0 bridgehead atoms. The first-order valence-electron chi connectivity index (χ1n) is 27.7. The maximum Gasteiger partial charge on any atom is 0.253 e. The number of carbonyl (C=O) groups excluding carboxylic acids is 8. The number of hydroxylamine groups is 2. The number of benzene rings is 1. The normalized spacial score (nSPS) is 19.4. The number of ether oxygens (including phenoxy) is 2. The number of likely N-dealkylation sites (tertiary alicyclic amines) is 1. The van der Waals surface area contributed by atoms with Crippen LogP contribution >= 0.6 is 0 Å². The molecule has 2 fully saturated rings. The Morgan fingerprint density at radius 1 is 0.827 bits per heavy atom. The fraction of sp³-hybridized carbons (Fsp3) is 0.690. The molecule has 1 aromatic heterocycles. The smallest absolute Gasteiger partial charge is 0.253 e. The summed E-state index contributed by atoms with van der Waals surface area (Å²) < 4.78 is 12.3. The van der Waals surface area contributed by atoms with Crippen LogP contribution in [-0.4, -0.2) is 168 Å². The number of fused-ring (bicyclic) bond motifs is 1. The van der Waals surface area contributed by atoms with Crippen molar-refractivity contribution in [2.24, 2.45) is 35.5 Å². The van der Waals surface area contributed by atoms with Crippen molar-refractivity contribution >= 4 is 57.8 Å². The van der Waals surface area contributed by atoms with E-state index in [1.54, 1.807) is 26.2 Å². The van der Waals surface area contributed by atoms with Gasteiger partial charge in [0, 0.05) is 108 Å². The lowest BCUT2D eigenvalue weighted by Gasteiger charge is -2.41. The number of nitrogens with zero attached hydrogens (tertiary/aromatic N) is 5. The van der Waals surface area contributed by atoms with Crippen LogP contribution < -0.4 is 0 Å². The van der Waals surface area contributed by atoms with E-state index >= 15 is 0 Å². The van der Waals surface area contributed by atoms with Gasteiger partial charge in [0.25, 0.3) is 11.8 Å². The number of aromatic nitrogens is 1. The Morgan fingerprint density at radius 2 is 1.52 bits per heavy atom. The number of para-hydroxylation sites is 1. The molecule has 9 atom stereocenters. The zero-order valence-electron chi connectivity index (χ0n) is 46.8. The molecule has 416 valence electrons. The van der Waals surface area contributed by atoms with Crippen LogP contribution in [0.15, 0.2) is 42.6 Å². The summed E-state index contributed by atoms with van der Waals surface area (Å²) in [5, 5.41) is 2.43. The van der Waals surface area contributed by atoms with Gasteiger partial charge in [-0.1, -0.05) is 73.1 Å². The molecule has 5 amide bonds. The summed E-state index contributed by atoms with van der Waals surface area (Å²) in [5.41, 5.74) is 1.90. The molecule has 0 aliphatic carbocycles.